The van der Waals surface area contributed by atoms with Crippen molar-refractivity contribution in [1.82, 2.24) is 15.7 Å². The molecule has 2 amide bonds. The van der Waals surface area contributed by atoms with Gasteiger partial charge in [0.15, 0.2) is 6.29 Å². The molecule has 0 radical (unpaired) electrons. The first kappa shape index (κ1) is 34.7. The smallest absolute Gasteiger partial charge is 0.243 e. The molecule has 10 heteroatoms. The molecule has 0 aliphatic carbocycles. The monoisotopic (exact) mass is 645 g/mol. The lowest BCUT2D eigenvalue weighted by molar-refractivity contribution is -0.253. The van der Waals surface area contributed by atoms with Crippen LogP contribution in [0.15, 0.2) is 72.8 Å². The molecule has 2 aliphatic heterocycles. The van der Waals surface area contributed by atoms with E-state index in [-0.39, 0.29) is 31.1 Å². The summed E-state index contributed by atoms with van der Waals surface area (Å²) in [6, 6.07) is 24.7. The molecule has 0 bridgehead atoms. The Morgan fingerprint density at radius 3 is 2.38 bits per heavy atom. The fourth-order valence-corrected chi connectivity index (χ4v) is 6.42. The van der Waals surface area contributed by atoms with Gasteiger partial charge in [-0.25, -0.2) is 5.48 Å². The molecule has 0 aromatic heterocycles. The number of hydrogen-bond acceptors (Lipinski definition) is 8. The van der Waals surface area contributed by atoms with E-state index >= 15 is 0 Å². The number of aliphatic hydroxyl groups is 1. The van der Waals surface area contributed by atoms with Gasteiger partial charge < -0.3 is 24.6 Å². The average molecular weight is 646 g/mol. The molecule has 2 aliphatic rings. The number of hydrogen-bond donors (Lipinski definition) is 4. The number of likely N-dealkylation sites (tertiary alicyclic amines) is 1. The highest BCUT2D eigenvalue weighted by atomic mass is 16.7. The molecule has 2 heterocycles. The Balaban J connectivity index is 1.23. The molecule has 47 heavy (non-hydrogen) atoms. The third-order valence-electron chi connectivity index (χ3n) is 9.03. The van der Waals surface area contributed by atoms with Crippen LogP contribution in [-0.4, -0.2) is 66.0 Å². The second-order valence-electron chi connectivity index (χ2n) is 12.4. The number of rotatable bonds is 15. The van der Waals surface area contributed by atoms with Gasteiger partial charge >= 0.3 is 0 Å². The molecule has 0 saturated carbocycles. The Morgan fingerprint density at radius 1 is 0.915 bits per heavy atom. The highest BCUT2D eigenvalue weighted by molar-refractivity contribution is 5.76. The number of carbonyl (C=O) groups excluding carboxylic acids is 2. The first-order valence-corrected chi connectivity index (χ1v) is 16.6. The van der Waals surface area contributed by atoms with Crippen molar-refractivity contribution in [2.75, 3.05) is 26.8 Å². The fraction of sp³-hybridized carbons (Fsp3) is 0.459. The Bertz CT molecular complexity index is 1430. The fourth-order valence-electron chi connectivity index (χ4n) is 6.42. The van der Waals surface area contributed by atoms with E-state index in [0.717, 1.165) is 72.3 Å². The topological polar surface area (TPSA) is 130 Å². The van der Waals surface area contributed by atoms with Crippen LogP contribution in [0.3, 0.4) is 0 Å². The minimum atomic E-state index is -0.520. The Labute approximate surface area is 277 Å². The van der Waals surface area contributed by atoms with E-state index in [0.29, 0.717) is 31.8 Å². The molecule has 2 fully saturated rings. The number of carbonyl (C=O) groups is 2. The molecule has 10 nitrogen and oxygen atoms in total. The summed E-state index contributed by atoms with van der Waals surface area (Å²) in [5, 5.41) is 21.0. The number of hydroxylamine groups is 1. The number of methoxy groups -OCH3 is 1. The lowest BCUT2D eigenvalue weighted by Crippen LogP contribution is -2.42. The number of ether oxygens (including phenoxy) is 3. The summed E-state index contributed by atoms with van der Waals surface area (Å²) in [6.07, 6.45) is 4.00. The van der Waals surface area contributed by atoms with Crippen molar-refractivity contribution >= 4 is 11.8 Å². The molecular formula is C37H47N3O7. The zero-order valence-electron chi connectivity index (χ0n) is 27.1. The Hall–Kier alpha value is -3.64. The zero-order valence-corrected chi connectivity index (χ0v) is 27.1. The van der Waals surface area contributed by atoms with Gasteiger partial charge in [-0.1, -0.05) is 66.7 Å². The van der Waals surface area contributed by atoms with Crippen LogP contribution in [0.25, 0.3) is 11.1 Å². The maximum atomic E-state index is 12.3. The minimum absolute atomic E-state index is 0.00888. The lowest BCUT2D eigenvalue weighted by atomic mass is 9.98. The van der Waals surface area contributed by atoms with Crippen LogP contribution in [0.5, 0.6) is 0 Å². The van der Waals surface area contributed by atoms with Gasteiger partial charge in [0.1, 0.15) is 0 Å². The number of nitrogens with one attached hydrogen (secondary N) is 2. The summed E-state index contributed by atoms with van der Waals surface area (Å²) >= 11 is 0. The van der Waals surface area contributed by atoms with Crippen molar-refractivity contribution in [2.24, 2.45) is 0 Å². The molecule has 3 aromatic carbocycles. The predicted octanol–water partition coefficient (Wildman–Crippen LogP) is 5.18. The third-order valence-corrected chi connectivity index (χ3v) is 9.03. The highest BCUT2D eigenvalue weighted by Crippen LogP contribution is 2.39. The molecule has 2 saturated heterocycles. The average Bonchev–Trinajstić information content (AvgIpc) is 3.55. The van der Waals surface area contributed by atoms with E-state index in [1.807, 2.05) is 36.4 Å². The van der Waals surface area contributed by atoms with Gasteiger partial charge in [0, 0.05) is 51.1 Å². The van der Waals surface area contributed by atoms with Gasteiger partial charge in [-0.2, -0.15) is 0 Å². The van der Waals surface area contributed by atoms with Crippen LogP contribution in [0, 0.1) is 0 Å². The summed E-state index contributed by atoms with van der Waals surface area (Å²) in [5.74, 6) is -0.516. The van der Waals surface area contributed by atoms with Crippen LogP contribution < -0.4 is 10.8 Å². The Morgan fingerprint density at radius 2 is 1.66 bits per heavy atom. The predicted molar refractivity (Wildman–Crippen MR) is 177 cm³/mol. The van der Waals surface area contributed by atoms with Crippen molar-refractivity contribution in [2.45, 2.75) is 82.6 Å². The molecular weight excluding hydrogens is 598 g/mol. The second kappa shape index (κ2) is 17.5. The van der Waals surface area contributed by atoms with Gasteiger partial charge in [-0.15, -0.1) is 0 Å². The van der Waals surface area contributed by atoms with Gasteiger partial charge in [-0.3, -0.25) is 19.7 Å². The molecule has 252 valence electrons. The highest BCUT2D eigenvalue weighted by Gasteiger charge is 2.35. The Kier molecular flexibility index (Phi) is 12.9. The van der Waals surface area contributed by atoms with E-state index in [1.165, 1.54) is 0 Å². The van der Waals surface area contributed by atoms with Crippen LogP contribution in [-0.2, 0) is 37.0 Å². The van der Waals surface area contributed by atoms with Gasteiger partial charge in [-0.05, 0) is 66.1 Å². The lowest BCUT2D eigenvalue weighted by Gasteiger charge is -2.38. The van der Waals surface area contributed by atoms with E-state index in [9.17, 15) is 14.7 Å². The summed E-state index contributed by atoms with van der Waals surface area (Å²) in [7, 11) is 1.76. The summed E-state index contributed by atoms with van der Waals surface area (Å²) in [5.41, 5.74) is 7.58. The number of nitrogens with zero attached hydrogens (tertiary/aromatic N) is 1. The quantitative estimate of drug-likeness (QED) is 0.101. The van der Waals surface area contributed by atoms with Crippen molar-refractivity contribution in [3.8, 4) is 11.1 Å². The van der Waals surface area contributed by atoms with Crippen molar-refractivity contribution in [1.29, 1.82) is 0 Å². The zero-order chi connectivity index (χ0) is 33.0. The normalized spacial score (nSPS) is 21.4. The van der Waals surface area contributed by atoms with E-state index in [1.54, 1.807) is 12.6 Å². The molecule has 5 rings (SSSR count). The standard InChI is InChI=1S/C37H47N3O7/c1-45-25-32-8-5-19-40(32)23-33-21-34(29-13-11-26(24-41)12-14-29)47-37(46-33)30-17-15-28(16-18-30)31-7-4-6-27(20-31)22-38-35(42)9-2-3-10-36(43)39-44/h4,6-7,11-18,20,32-34,37,41,44H,2-3,5,8-10,19,21-25H2,1H3,(H,38,42)(H,39,43)/t32-,33-,34+,37+/m0/s1. The van der Waals surface area contributed by atoms with Gasteiger partial charge in [0.25, 0.3) is 0 Å². The number of aliphatic hydroxyl groups excluding tert-OH is 1. The summed E-state index contributed by atoms with van der Waals surface area (Å²) in [6.45, 7) is 3.01. The first-order chi connectivity index (χ1) is 22.9. The molecule has 0 unspecified atom stereocenters. The van der Waals surface area contributed by atoms with Crippen molar-refractivity contribution < 1.29 is 34.1 Å². The first-order valence-electron chi connectivity index (χ1n) is 16.6. The van der Waals surface area contributed by atoms with E-state index in [4.69, 9.17) is 19.4 Å². The van der Waals surface area contributed by atoms with Crippen LogP contribution in [0.1, 0.15) is 79.6 Å². The third kappa shape index (κ3) is 9.93. The van der Waals surface area contributed by atoms with Crippen molar-refractivity contribution in [3.05, 3.63) is 95.1 Å². The maximum Gasteiger partial charge on any atom is 0.243 e. The number of unbranched alkanes of at least 4 members (excludes halogenated alkanes) is 1. The van der Waals surface area contributed by atoms with Crippen LogP contribution in [0.4, 0.5) is 0 Å². The maximum absolute atomic E-state index is 12.3. The molecule has 0 spiro atoms. The van der Waals surface area contributed by atoms with Crippen LogP contribution in [0.2, 0.25) is 0 Å². The van der Waals surface area contributed by atoms with E-state index < -0.39 is 12.2 Å². The number of benzene rings is 3. The summed E-state index contributed by atoms with van der Waals surface area (Å²) < 4.78 is 18.7. The molecule has 4 atom stereocenters. The van der Waals surface area contributed by atoms with Crippen molar-refractivity contribution in [3.63, 3.8) is 0 Å². The largest absolute Gasteiger partial charge is 0.392 e. The molecule has 4 N–H and O–H groups in total. The molecule has 3 aromatic rings. The number of amides is 2. The summed E-state index contributed by atoms with van der Waals surface area (Å²) in [4.78, 5) is 25.9. The van der Waals surface area contributed by atoms with Gasteiger partial charge in [0.2, 0.25) is 11.8 Å². The SMILES string of the molecule is COC[C@@H]1CCCN1C[C@@H]1C[C@H](c2ccc(CO)cc2)O[C@H](c2ccc(-c3cccc(CNC(=O)CCCCC(=O)NO)c3)cc2)O1. The van der Waals surface area contributed by atoms with Gasteiger partial charge in [0.05, 0.1) is 25.4 Å². The minimum Gasteiger partial charge on any atom is -0.392 e. The second-order valence-corrected chi connectivity index (χ2v) is 12.4. The van der Waals surface area contributed by atoms with Crippen LogP contribution >= 0.6 is 0 Å². The van der Waals surface area contributed by atoms with E-state index in [2.05, 4.69) is 46.6 Å².